The third-order valence-electron chi connectivity index (χ3n) is 8.00. The zero-order chi connectivity index (χ0) is 36.8. The van der Waals surface area contributed by atoms with Crippen molar-refractivity contribution in [3.8, 4) is 22.6 Å². The van der Waals surface area contributed by atoms with Crippen LogP contribution < -0.4 is 14.4 Å². The molecule has 0 saturated carbocycles. The Morgan fingerprint density at radius 2 is 1.44 bits per heavy atom. The summed E-state index contributed by atoms with van der Waals surface area (Å²) in [6, 6.07) is 11.6. The van der Waals surface area contributed by atoms with Gasteiger partial charge < -0.3 is 19.2 Å². The van der Waals surface area contributed by atoms with Crippen molar-refractivity contribution in [1.82, 2.24) is 9.97 Å². The maximum absolute atomic E-state index is 13.8. The number of anilines is 1. The molecule has 0 saturated heterocycles. The van der Waals surface area contributed by atoms with Gasteiger partial charge in [0.2, 0.25) is 5.95 Å². The van der Waals surface area contributed by atoms with Crippen LogP contribution in [0, 0.1) is 13.8 Å². The van der Waals surface area contributed by atoms with E-state index in [9.17, 15) is 31.1 Å². The van der Waals surface area contributed by atoms with Crippen LogP contribution in [-0.2, 0) is 30.2 Å². The van der Waals surface area contributed by atoms with Gasteiger partial charge in [-0.2, -0.15) is 26.3 Å². The third-order valence-corrected chi connectivity index (χ3v) is 8.00. The Morgan fingerprint density at radius 3 is 2.00 bits per heavy atom. The van der Waals surface area contributed by atoms with Crippen molar-refractivity contribution >= 4 is 12.2 Å². The van der Waals surface area contributed by atoms with Crippen LogP contribution >= 0.6 is 0 Å². The molecule has 0 spiro atoms. The molecule has 268 valence electrons. The predicted octanol–water partition coefficient (Wildman–Crippen LogP) is 10.3. The number of aldehydes is 1. The van der Waals surface area contributed by atoms with Crippen LogP contribution in [-0.4, -0.2) is 29.0 Å². The molecule has 0 N–H and O–H groups in total. The Hall–Kier alpha value is -4.61. The SMILES string of the molecule is Cc1cc(CN(Cc2cc(C(F)(F)F)cc(C(F)(F)F)c2)c2ncc(OCCCC=O)cn2)c(-c2cc(C(C)C)ccc2C)cc1OC(C)C. The van der Waals surface area contributed by atoms with Crippen LogP contribution in [0.4, 0.5) is 32.3 Å². The van der Waals surface area contributed by atoms with E-state index in [0.717, 1.165) is 51.8 Å². The number of hydrogen-bond acceptors (Lipinski definition) is 6. The molecule has 50 heavy (non-hydrogen) atoms. The van der Waals surface area contributed by atoms with Gasteiger partial charge in [-0.05, 0) is 109 Å². The number of benzene rings is 3. The molecule has 1 heterocycles. The number of aromatic nitrogens is 2. The molecule has 1 aromatic heterocycles. The van der Waals surface area contributed by atoms with Crippen molar-refractivity contribution in [1.29, 1.82) is 0 Å². The first-order valence-corrected chi connectivity index (χ1v) is 16.3. The van der Waals surface area contributed by atoms with Gasteiger partial charge in [0.05, 0.1) is 36.2 Å². The van der Waals surface area contributed by atoms with Crippen LogP contribution in [0.1, 0.15) is 85.4 Å². The van der Waals surface area contributed by atoms with E-state index in [1.165, 1.54) is 17.3 Å². The summed E-state index contributed by atoms with van der Waals surface area (Å²) in [7, 11) is 0. The average molecular weight is 702 g/mol. The molecule has 0 amide bonds. The lowest BCUT2D eigenvalue weighted by Crippen LogP contribution is -2.25. The van der Waals surface area contributed by atoms with Gasteiger partial charge in [-0.25, -0.2) is 9.97 Å². The lowest BCUT2D eigenvalue weighted by Gasteiger charge is -2.27. The summed E-state index contributed by atoms with van der Waals surface area (Å²) < 4.78 is 94.7. The number of carbonyl (C=O) groups is 1. The number of nitrogens with zero attached hydrogens (tertiary/aromatic N) is 3. The summed E-state index contributed by atoms with van der Waals surface area (Å²) in [6.07, 6.45) is -5.81. The third kappa shape index (κ3) is 9.98. The number of carbonyl (C=O) groups excluding carboxylic acids is 1. The molecule has 0 unspecified atom stereocenters. The summed E-state index contributed by atoms with van der Waals surface area (Å²) in [5, 5.41) is 0. The molecule has 0 atom stereocenters. The molecular weight excluding hydrogens is 660 g/mol. The van der Waals surface area contributed by atoms with Gasteiger partial charge in [0.25, 0.3) is 0 Å². The molecule has 0 aliphatic carbocycles. The van der Waals surface area contributed by atoms with E-state index in [1.54, 1.807) is 0 Å². The molecule has 0 aliphatic rings. The van der Waals surface area contributed by atoms with Crippen molar-refractivity contribution in [2.45, 2.75) is 91.8 Å². The van der Waals surface area contributed by atoms with Gasteiger partial charge in [0.15, 0.2) is 5.75 Å². The summed E-state index contributed by atoms with van der Waals surface area (Å²) in [4.78, 5) is 21.0. The zero-order valence-corrected chi connectivity index (χ0v) is 28.9. The number of unbranched alkanes of at least 4 members (excludes halogenated alkanes) is 1. The number of aryl methyl sites for hydroxylation is 2. The van der Waals surface area contributed by atoms with E-state index in [-0.39, 0.29) is 49.3 Å². The quantitative estimate of drug-likeness (QED) is 0.0741. The fourth-order valence-corrected chi connectivity index (χ4v) is 5.44. The second-order valence-electron chi connectivity index (χ2n) is 12.8. The zero-order valence-electron chi connectivity index (χ0n) is 28.9. The second kappa shape index (κ2) is 15.9. The maximum atomic E-state index is 13.8. The predicted molar refractivity (Wildman–Crippen MR) is 180 cm³/mol. The van der Waals surface area contributed by atoms with Crippen LogP contribution in [0.25, 0.3) is 11.1 Å². The Bertz CT molecular complexity index is 1740. The Labute approximate surface area is 288 Å². The van der Waals surface area contributed by atoms with Crippen LogP contribution in [0.3, 0.4) is 0 Å². The number of ether oxygens (including phenoxy) is 2. The first-order chi connectivity index (χ1) is 23.5. The van der Waals surface area contributed by atoms with E-state index >= 15 is 0 Å². The topological polar surface area (TPSA) is 64.6 Å². The largest absolute Gasteiger partial charge is 0.491 e. The first-order valence-electron chi connectivity index (χ1n) is 16.3. The molecular formula is C38H41F6N3O3. The summed E-state index contributed by atoms with van der Waals surface area (Å²) >= 11 is 0. The highest BCUT2D eigenvalue weighted by molar-refractivity contribution is 5.74. The summed E-state index contributed by atoms with van der Waals surface area (Å²) in [5.74, 6) is 1.24. The van der Waals surface area contributed by atoms with Gasteiger partial charge in [0, 0.05) is 19.5 Å². The number of halogens is 6. The van der Waals surface area contributed by atoms with E-state index < -0.39 is 23.5 Å². The first kappa shape index (κ1) is 38.2. The van der Waals surface area contributed by atoms with E-state index in [2.05, 4.69) is 35.9 Å². The normalized spacial score (nSPS) is 12.0. The molecule has 0 bridgehead atoms. The molecule has 12 heteroatoms. The second-order valence-corrected chi connectivity index (χ2v) is 12.8. The molecule has 4 rings (SSSR count). The van der Waals surface area contributed by atoms with Crippen molar-refractivity contribution in [2.24, 2.45) is 0 Å². The van der Waals surface area contributed by atoms with Gasteiger partial charge in [-0.3, -0.25) is 0 Å². The van der Waals surface area contributed by atoms with E-state index in [1.807, 2.05) is 45.9 Å². The minimum Gasteiger partial charge on any atom is -0.491 e. The average Bonchev–Trinajstić information content (AvgIpc) is 3.03. The minimum atomic E-state index is -5.00. The summed E-state index contributed by atoms with van der Waals surface area (Å²) in [5.41, 5.74) is 2.28. The van der Waals surface area contributed by atoms with Gasteiger partial charge in [-0.15, -0.1) is 0 Å². The van der Waals surface area contributed by atoms with Crippen LogP contribution in [0.5, 0.6) is 11.5 Å². The van der Waals surface area contributed by atoms with Crippen molar-refractivity contribution in [2.75, 3.05) is 11.5 Å². The van der Waals surface area contributed by atoms with Gasteiger partial charge in [-0.1, -0.05) is 32.0 Å². The van der Waals surface area contributed by atoms with Crippen LogP contribution in [0.15, 0.2) is 60.9 Å². The van der Waals surface area contributed by atoms with Gasteiger partial charge in [0.1, 0.15) is 12.0 Å². The highest BCUT2D eigenvalue weighted by Gasteiger charge is 2.37. The molecule has 6 nitrogen and oxygen atoms in total. The highest BCUT2D eigenvalue weighted by Crippen LogP contribution is 2.39. The smallest absolute Gasteiger partial charge is 0.416 e. The molecule has 0 aliphatic heterocycles. The van der Waals surface area contributed by atoms with Crippen molar-refractivity contribution in [3.63, 3.8) is 0 Å². The van der Waals surface area contributed by atoms with Crippen LogP contribution in [0.2, 0.25) is 0 Å². The Morgan fingerprint density at radius 1 is 0.800 bits per heavy atom. The van der Waals surface area contributed by atoms with E-state index in [4.69, 9.17) is 9.47 Å². The minimum absolute atomic E-state index is 0.0284. The Kier molecular flexibility index (Phi) is 12.2. The number of alkyl halides is 6. The standard InChI is InChI=1S/C38H41F6N3O3/c1-23(2)28-10-9-25(5)33(16-28)34-18-35(50-24(3)4)26(6)13-29(34)22-47(36-45-19-32(20-46-36)49-12-8-7-11-48)21-27-14-30(37(39,40)41)17-31(15-27)38(42,43)44/h9-11,13-20,23-24H,7-8,12,21-22H2,1-6H3. The fraction of sp³-hybridized carbons (Fsp3) is 0.395. The molecule has 0 fully saturated rings. The Balaban J connectivity index is 1.87. The lowest BCUT2D eigenvalue weighted by atomic mass is 9.90. The summed E-state index contributed by atoms with van der Waals surface area (Å²) in [6.45, 7) is 11.7. The molecule has 0 radical (unpaired) electrons. The number of rotatable bonds is 14. The monoisotopic (exact) mass is 701 g/mol. The maximum Gasteiger partial charge on any atom is 0.416 e. The number of hydrogen-bond donors (Lipinski definition) is 0. The molecule has 4 aromatic rings. The fourth-order valence-electron chi connectivity index (χ4n) is 5.44. The van der Waals surface area contributed by atoms with Crippen molar-refractivity contribution < 1.29 is 40.6 Å². The van der Waals surface area contributed by atoms with Crippen molar-refractivity contribution in [3.05, 3.63) is 99.9 Å². The van der Waals surface area contributed by atoms with E-state index in [0.29, 0.717) is 24.3 Å². The molecule has 3 aromatic carbocycles. The lowest BCUT2D eigenvalue weighted by molar-refractivity contribution is -0.143. The highest BCUT2D eigenvalue weighted by atomic mass is 19.4. The van der Waals surface area contributed by atoms with Gasteiger partial charge >= 0.3 is 12.4 Å².